The Balaban J connectivity index is 2.53. The Bertz CT molecular complexity index is 332. The third-order valence-electron chi connectivity index (χ3n) is 2.98. The number of nitrogens with zero attached hydrogens (tertiary/aromatic N) is 1. The molecule has 110 valence electrons. The van der Waals surface area contributed by atoms with E-state index in [1.54, 1.807) is 20.8 Å². The third-order valence-corrected chi connectivity index (χ3v) is 2.98. The number of carbonyl (C=O) groups is 2. The molecule has 0 unspecified atom stereocenters. The van der Waals surface area contributed by atoms with Gasteiger partial charge in [-0.25, -0.2) is 9.59 Å². The molecule has 1 fully saturated rings. The van der Waals surface area contributed by atoms with Crippen LogP contribution in [0, 0.1) is 0 Å². The van der Waals surface area contributed by atoms with Crippen molar-refractivity contribution in [2.24, 2.45) is 0 Å². The molecule has 6 nitrogen and oxygen atoms in total. The van der Waals surface area contributed by atoms with E-state index in [9.17, 15) is 9.59 Å². The van der Waals surface area contributed by atoms with E-state index in [-0.39, 0.29) is 12.7 Å². The zero-order valence-electron chi connectivity index (χ0n) is 12.0. The number of hydrogen-bond acceptors (Lipinski definition) is 4. The molecule has 6 heteroatoms. The molecule has 1 aliphatic carbocycles. The van der Waals surface area contributed by atoms with Crippen LogP contribution in [0.4, 0.5) is 4.79 Å². The van der Waals surface area contributed by atoms with E-state index < -0.39 is 23.7 Å². The number of aliphatic carboxylic acids is 1. The second-order valence-electron chi connectivity index (χ2n) is 5.83. The van der Waals surface area contributed by atoms with Crippen LogP contribution < -0.4 is 0 Å². The molecule has 0 radical (unpaired) electrons. The molecular formula is C13H23NO5. The average molecular weight is 273 g/mol. The van der Waals surface area contributed by atoms with Crippen LogP contribution in [0.25, 0.3) is 0 Å². The van der Waals surface area contributed by atoms with E-state index in [1.165, 1.54) is 7.05 Å². The Kier molecular flexibility index (Phi) is 5.17. The zero-order chi connectivity index (χ0) is 14.6. The molecule has 0 aromatic rings. The van der Waals surface area contributed by atoms with Gasteiger partial charge in [0.25, 0.3) is 0 Å². The van der Waals surface area contributed by atoms with Crippen LogP contribution in [0.2, 0.25) is 0 Å². The highest BCUT2D eigenvalue weighted by molar-refractivity contribution is 5.80. The molecule has 0 saturated heterocycles. The number of carboxylic acids is 1. The Labute approximate surface area is 113 Å². The van der Waals surface area contributed by atoms with Crippen molar-refractivity contribution in [3.05, 3.63) is 0 Å². The number of likely N-dealkylation sites (N-methyl/N-ethyl adjacent to an activating group) is 1. The highest BCUT2D eigenvalue weighted by Crippen LogP contribution is 2.22. The number of rotatable bonds is 5. The fraction of sp³-hybridized carbons (Fsp3) is 0.846. The summed E-state index contributed by atoms with van der Waals surface area (Å²) in [6, 6.07) is -1.02. The summed E-state index contributed by atoms with van der Waals surface area (Å²) in [7, 11) is 1.41. The summed E-state index contributed by atoms with van der Waals surface area (Å²) in [5, 5.41) is 9.17. The number of carbonyl (C=O) groups excluding carboxylic acids is 1. The molecule has 0 aliphatic heterocycles. The largest absolute Gasteiger partial charge is 0.480 e. The fourth-order valence-electron chi connectivity index (χ4n) is 1.57. The van der Waals surface area contributed by atoms with Gasteiger partial charge in [0.2, 0.25) is 0 Å². The normalized spacial score (nSPS) is 17.5. The Morgan fingerprint density at radius 1 is 1.37 bits per heavy atom. The van der Waals surface area contributed by atoms with Crippen LogP contribution in [0.15, 0.2) is 0 Å². The summed E-state index contributed by atoms with van der Waals surface area (Å²) in [5.74, 6) is -1.09. The standard InChI is InChI=1S/C13H23NO5/c1-13(2,3)19-12(17)14(4)10(11(15)16)8-18-9-6-5-7-9/h9-10H,5-8H2,1-4H3,(H,15,16)/t10-/m0/s1. The smallest absolute Gasteiger partial charge is 0.410 e. The van der Waals surface area contributed by atoms with Gasteiger partial charge in [-0.3, -0.25) is 4.90 Å². The maximum Gasteiger partial charge on any atom is 0.410 e. The summed E-state index contributed by atoms with van der Waals surface area (Å²) in [4.78, 5) is 24.1. The van der Waals surface area contributed by atoms with Gasteiger partial charge in [-0.15, -0.1) is 0 Å². The summed E-state index contributed by atoms with van der Waals surface area (Å²) < 4.78 is 10.6. The quantitative estimate of drug-likeness (QED) is 0.827. The van der Waals surface area contributed by atoms with E-state index in [1.807, 2.05) is 0 Å². The molecule has 1 saturated carbocycles. The van der Waals surface area contributed by atoms with Gasteiger partial charge in [0.15, 0.2) is 6.04 Å². The molecule has 1 atom stereocenters. The van der Waals surface area contributed by atoms with Crippen LogP contribution in [-0.4, -0.2) is 53.5 Å². The predicted molar refractivity (Wildman–Crippen MR) is 69.0 cm³/mol. The maximum absolute atomic E-state index is 11.8. The van der Waals surface area contributed by atoms with Crippen molar-refractivity contribution < 1.29 is 24.2 Å². The second kappa shape index (κ2) is 6.23. The Hall–Kier alpha value is -1.30. The summed E-state index contributed by atoms with van der Waals surface area (Å²) >= 11 is 0. The van der Waals surface area contributed by atoms with E-state index >= 15 is 0 Å². The lowest BCUT2D eigenvalue weighted by molar-refractivity contribution is -0.146. The fourth-order valence-corrected chi connectivity index (χ4v) is 1.57. The van der Waals surface area contributed by atoms with Crippen molar-refractivity contribution in [1.29, 1.82) is 0 Å². The molecule has 0 aromatic carbocycles. The molecule has 0 heterocycles. The third kappa shape index (κ3) is 5.06. The first-order valence-corrected chi connectivity index (χ1v) is 6.51. The van der Waals surface area contributed by atoms with Crippen LogP contribution in [-0.2, 0) is 14.3 Å². The van der Waals surface area contributed by atoms with Gasteiger partial charge in [0, 0.05) is 7.05 Å². The number of carboxylic acid groups (broad SMARTS) is 1. The minimum Gasteiger partial charge on any atom is -0.480 e. The van der Waals surface area contributed by atoms with Crippen molar-refractivity contribution in [2.45, 2.75) is 57.8 Å². The van der Waals surface area contributed by atoms with Crippen molar-refractivity contribution in [3.8, 4) is 0 Å². The van der Waals surface area contributed by atoms with Crippen LogP contribution in [0.3, 0.4) is 0 Å². The van der Waals surface area contributed by atoms with Crippen molar-refractivity contribution >= 4 is 12.1 Å². The molecule has 0 aromatic heterocycles. The van der Waals surface area contributed by atoms with Gasteiger partial charge in [-0.2, -0.15) is 0 Å². The van der Waals surface area contributed by atoms with Gasteiger partial charge in [0.1, 0.15) is 5.60 Å². The Morgan fingerprint density at radius 3 is 2.32 bits per heavy atom. The van der Waals surface area contributed by atoms with Gasteiger partial charge >= 0.3 is 12.1 Å². The highest BCUT2D eigenvalue weighted by atomic mass is 16.6. The second-order valence-corrected chi connectivity index (χ2v) is 5.83. The number of amides is 1. The zero-order valence-corrected chi connectivity index (χ0v) is 12.0. The molecule has 19 heavy (non-hydrogen) atoms. The minimum absolute atomic E-state index is 0.00422. The first kappa shape index (κ1) is 15.8. The lowest BCUT2D eigenvalue weighted by atomic mass is 9.96. The van der Waals surface area contributed by atoms with Crippen LogP contribution in [0.5, 0.6) is 0 Å². The molecular weight excluding hydrogens is 250 g/mol. The van der Waals surface area contributed by atoms with E-state index in [4.69, 9.17) is 14.6 Å². The van der Waals surface area contributed by atoms with Gasteiger partial charge in [-0.1, -0.05) is 0 Å². The SMILES string of the molecule is CN(C(=O)OC(C)(C)C)[C@@H](COC1CCC1)C(=O)O. The highest BCUT2D eigenvalue weighted by Gasteiger charge is 2.31. The average Bonchev–Trinajstić information content (AvgIpc) is 2.17. The molecule has 1 amide bonds. The molecule has 1 rings (SSSR count). The topological polar surface area (TPSA) is 76.1 Å². The van der Waals surface area contributed by atoms with E-state index in [0.717, 1.165) is 24.2 Å². The lowest BCUT2D eigenvalue weighted by Crippen LogP contribution is -2.48. The Morgan fingerprint density at radius 2 is 1.95 bits per heavy atom. The maximum atomic E-state index is 11.8. The number of ether oxygens (including phenoxy) is 2. The molecule has 1 N–H and O–H groups in total. The van der Waals surface area contributed by atoms with E-state index in [2.05, 4.69) is 0 Å². The monoisotopic (exact) mass is 273 g/mol. The predicted octanol–water partition coefficient (Wildman–Crippen LogP) is 1.88. The van der Waals surface area contributed by atoms with Crippen LogP contribution in [0.1, 0.15) is 40.0 Å². The lowest BCUT2D eigenvalue weighted by Gasteiger charge is -2.31. The molecule has 0 spiro atoms. The van der Waals surface area contributed by atoms with Gasteiger partial charge < -0.3 is 14.6 Å². The van der Waals surface area contributed by atoms with Gasteiger partial charge in [0.05, 0.1) is 12.7 Å². The van der Waals surface area contributed by atoms with Crippen LogP contribution >= 0.6 is 0 Å². The van der Waals surface area contributed by atoms with Crippen molar-refractivity contribution in [2.75, 3.05) is 13.7 Å². The molecule has 0 bridgehead atoms. The first-order chi connectivity index (χ1) is 8.70. The van der Waals surface area contributed by atoms with Gasteiger partial charge in [-0.05, 0) is 40.0 Å². The summed E-state index contributed by atoms with van der Waals surface area (Å²) in [6.07, 6.45) is 2.51. The summed E-state index contributed by atoms with van der Waals surface area (Å²) in [6.45, 7) is 5.20. The first-order valence-electron chi connectivity index (χ1n) is 6.51. The van der Waals surface area contributed by atoms with Crippen molar-refractivity contribution in [1.82, 2.24) is 4.90 Å². The molecule has 1 aliphatic rings. The minimum atomic E-state index is -1.09. The summed E-state index contributed by atoms with van der Waals surface area (Å²) in [5.41, 5.74) is -0.650. The van der Waals surface area contributed by atoms with E-state index in [0.29, 0.717) is 0 Å². The van der Waals surface area contributed by atoms with Crippen molar-refractivity contribution in [3.63, 3.8) is 0 Å². The number of hydrogen-bond donors (Lipinski definition) is 1.